The molecule has 2 N–H and O–H groups in total. The molecule has 2 rings (SSSR count). The molecule has 6 nitrogen and oxygen atoms in total. The van der Waals surface area contributed by atoms with E-state index in [9.17, 15) is 14.7 Å². The van der Waals surface area contributed by atoms with Gasteiger partial charge < -0.3 is 15.3 Å². The molecule has 1 heterocycles. The molecule has 2 aromatic rings. The van der Waals surface area contributed by atoms with Crippen molar-refractivity contribution in [1.82, 2.24) is 10.3 Å². The summed E-state index contributed by atoms with van der Waals surface area (Å²) < 4.78 is 0. The molecular weight excluding hydrogens is 342 g/mol. The number of pyridine rings is 1. The largest absolute Gasteiger partial charge is 0.394 e. The summed E-state index contributed by atoms with van der Waals surface area (Å²) in [5.41, 5.74) is 3.54. The number of carbonyl (C=O) groups is 2. The summed E-state index contributed by atoms with van der Waals surface area (Å²) in [6.45, 7) is 7.20. The second-order valence-corrected chi connectivity index (χ2v) is 7.10. The first-order valence-corrected chi connectivity index (χ1v) is 9.00. The number of aryl methyl sites for hydroxylation is 1. The second kappa shape index (κ2) is 8.77. The molecule has 1 unspecified atom stereocenters. The van der Waals surface area contributed by atoms with Crippen molar-refractivity contribution >= 4 is 17.5 Å². The van der Waals surface area contributed by atoms with Crippen molar-refractivity contribution in [3.05, 3.63) is 47.7 Å². The lowest BCUT2D eigenvalue weighted by Crippen LogP contribution is -2.35. The van der Waals surface area contributed by atoms with Crippen molar-refractivity contribution < 1.29 is 14.7 Å². The summed E-state index contributed by atoms with van der Waals surface area (Å²) in [4.78, 5) is 31.0. The number of rotatable bonds is 6. The molecule has 0 aliphatic carbocycles. The maximum atomic E-state index is 12.6. The number of carbonyl (C=O) groups excluding carboxylic acids is 2. The number of aliphatic hydroxyl groups is 1. The summed E-state index contributed by atoms with van der Waals surface area (Å²) in [6, 6.07) is 8.75. The Hall–Kier alpha value is -2.73. The van der Waals surface area contributed by atoms with Crippen LogP contribution < -0.4 is 10.2 Å². The van der Waals surface area contributed by atoms with Crippen LogP contribution in [0.25, 0.3) is 11.3 Å². The SMILES string of the molecule is Cc1ccc(-c2cc(C(=O)NC(C)CO)cc(N(C)C(=O)C(C)C)c2)nc1. The minimum absolute atomic E-state index is 0.0425. The van der Waals surface area contributed by atoms with Gasteiger partial charge in [0.2, 0.25) is 5.91 Å². The Bertz CT molecular complexity index is 816. The number of amides is 2. The summed E-state index contributed by atoms with van der Waals surface area (Å²) in [5.74, 6) is -0.515. The number of nitrogens with zero attached hydrogens (tertiary/aromatic N) is 2. The zero-order valence-corrected chi connectivity index (χ0v) is 16.5. The van der Waals surface area contributed by atoms with Gasteiger partial charge in [-0.15, -0.1) is 0 Å². The van der Waals surface area contributed by atoms with Gasteiger partial charge >= 0.3 is 0 Å². The topological polar surface area (TPSA) is 82.5 Å². The fraction of sp³-hybridized carbons (Fsp3) is 0.381. The molecular formula is C21H27N3O3. The predicted octanol–water partition coefficient (Wildman–Crippen LogP) is 2.79. The van der Waals surface area contributed by atoms with Crippen LogP contribution in [0.2, 0.25) is 0 Å². The fourth-order valence-corrected chi connectivity index (χ4v) is 2.59. The number of aromatic nitrogens is 1. The average Bonchev–Trinajstić information content (AvgIpc) is 2.66. The summed E-state index contributed by atoms with van der Waals surface area (Å²) in [6.07, 6.45) is 1.76. The van der Waals surface area contributed by atoms with Crippen LogP contribution in [-0.4, -0.2) is 41.6 Å². The van der Waals surface area contributed by atoms with Crippen LogP contribution >= 0.6 is 0 Å². The Labute approximate surface area is 160 Å². The van der Waals surface area contributed by atoms with E-state index in [-0.39, 0.29) is 30.4 Å². The third kappa shape index (κ3) is 5.14. The van der Waals surface area contributed by atoms with E-state index in [1.54, 1.807) is 37.2 Å². The maximum absolute atomic E-state index is 12.6. The van der Waals surface area contributed by atoms with Crippen molar-refractivity contribution in [1.29, 1.82) is 0 Å². The predicted molar refractivity (Wildman–Crippen MR) is 107 cm³/mol. The lowest BCUT2D eigenvalue weighted by molar-refractivity contribution is -0.121. The first-order chi connectivity index (χ1) is 12.7. The van der Waals surface area contributed by atoms with E-state index in [4.69, 9.17) is 0 Å². The Morgan fingerprint density at radius 1 is 1.19 bits per heavy atom. The molecule has 0 saturated heterocycles. The molecule has 0 aliphatic rings. The lowest BCUT2D eigenvalue weighted by atomic mass is 10.0. The zero-order chi connectivity index (χ0) is 20.1. The Balaban J connectivity index is 2.51. The van der Waals surface area contributed by atoms with Gasteiger partial charge in [-0.25, -0.2) is 0 Å². The smallest absolute Gasteiger partial charge is 0.251 e. The number of aliphatic hydroxyl groups excluding tert-OH is 1. The number of nitrogens with one attached hydrogen (secondary N) is 1. The number of hydrogen-bond donors (Lipinski definition) is 2. The maximum Gasteiger partial charge on any atom is 0.251 e. The average molecular weight is 369 g/mol. The van der Waals surface area contributed by atoms with E-state index in [1.807, 2.05) is 39.0 Å². The Morgan fingerprint density at radius 2 is 1.89 bits per heavy atom. The van der Waals surface area contributed by atoms with E-state index < -0.39 is 0 Å². The molecule has 0 bridgehead atoms. The van der Waals surface area contributed by atoms with Crippen LogP contribution in [0.4, 0.5) is 5.69 Å². The van der Waals surface area contributed by atoms with Crippen LogP contribution in [0.3, 0.4) is 0 Å². The van der Waals surface area contributed by atoms with Crippen molar-refractivity contribution in [3.8, 4) is 11.3 Å². The number of anilines is 1. The molecule has 0 saturated carbocycles. The highest BCUT2D eigenvalue weighted by Crippen LogP contribution is 2.26. The van der Waals surface area contributed by atoms with Gasteiger partial charge in [0.05, 0.1) is 12.3 Å². The van der Waals surface area contributed by atoms with Gasteiger partial charge in [0.1, 0.15) is 0 Å². The zero-order valence-electron chi connectivity index (χ0n) is 16.5. The molecule has 1 aromatic carbocycles. The van der Waals surface area contributed by atoms with E-state index in [1.165, 1.54) is 0 Å². The molecule has 0 radical (unpaired) electrons. The normalized spacial score (nSPS) is 12.0. The first kappa shape index (κ1) is 20.6. The minimum atomic E-state index is -0.364. The standard InChI is InChI=1S/C21H27N3O3/c1-13(2)21(27)24(5)18-9-16(19-7-6-14(3)11-22-19)8-17(10-18)20(26)23-15(4)12-25/h6-11,13,15,25H,12H2,1-5H3,(H,23,26). The fourth-order valence-electron chi connectivity index (χ4n) is 2.59. The highest BCUT2D eigenvalue weighted by molar-refractivity contribution is 6.00. The first-order valence-electron chi connectivity index (χ1n) is 9.00. The van der Waals surface area contributed by atoms with Crippen molar-refractivity contribution in [2.24, 2.45) is 5.92 Å². The second-order valence-electron chi connectivity index (χ2n) is 7.10. The van der Waals surface area contributed by atoms with Gasteiger partial charge in [0, 0.05) is 42.0 Å². The minimum Gasteiger partial charge on any atom is -0.394 e. The highest BCUT2D eigenvalue weighted by Gasteiger charge is 2.19. The van der Waals surface area contributed by atoms with Crippen molar-refractivity contribution in [3.63, 3.8) is 0 Å². The number of hydrogen-bond acceptors (Lipinski definition) is 4. The molecule has 6 heteroatoms. The molecule has 2 amide bonds. The molecule has 0 fully saturated rings. The van der Waals surface area contributed by atoms with Gasteiger partial charge in [-0.2, -0.15) is 0 Å². The van der Waals surface area contributed by atoms with Crippen molar-refractivity contribution in [2.45, 2.75) is 33.7 Å². The van der Waals surface area contributed by atoms with E-state index in [0.717, 1.165) is 16.8 Å². The van der Waals surface area contributed by atoms with E-state index in [2.05, 4.69) is 10.3 Å². The van der Waals surface area contributed by atoms with E-state index >= 15 is 0 Å². The third-order valence-corrected chi connectivity index (χ3v) is 4.25. The van der Waals surface area contributed by atoms with Gasteiger partial charge in [-0.05, 0) is 43.7 Å². The molecule has 1 aromatic heterocycles. The van der Waals surface area contributed by atoms with E-state index in [0.29, 0.717) is 11.3 Å². The molecule has 1 atom stereocenters. The molecule has 0 spiro atoms. The van der Waals surface area contributed by atoms with Crippen LogP contribution in [0, 0.1) is 12.8 Å². The van der Waals surface area contributed by atoms with Crippen LogP contribution in [0.15, 0.2) is 36.5 Å². The summed E-state index contributed by atoms with van der Waals surface area (Å²) in [7, 11) is 1.70. The van der Waals surface area contributed by atoms with Gasteiger partial charge in [-0.1, -0.05) is 19.9 Å². The van der Waals surface area contributed by atoms with Crippen molar-refractivity contribution in [2.75, 3.05) is 18.6 Å². The van der Waals surface area contributed by atoms with Gasteiger partial charge in [0.15, 0.2) is 0 Å². The summed E-state index contributed by atoms with van der Waals surface area (Å²) in [5, 5.41) is 11.9. The number of benzene rings is 1. The monoisotopic (exact) mass is 369 g/mol. The Kier molecular flexibility index (Phi) is 6.69. The molecule has 0 aliphatic heterocycles. The summed E-state index contributed by atoms with van der Waals surface area (Å²) >= 11 is 0. The van der Waals surface area contributed by atoms with Gasteiger partial charge in [-0.3, -0.25) is 14.6 Å². The molecule has 27 heavy (non-hydrogen) atoms. The quantitative estimate of drug-likeness (QED) is 0.820. The van der Waals surface area contributed by atoms with Crippen LogP contribution in [-0.2, 0) is 4.79 Å². The third-order valence-electron chi connectivity index (χ3n) is 4.25. The van der Waals surface area contributed by atoms with Gasteiger partial charge in [0.25, 0.3) is 5.91 Å². The Morgan fingerprint density at radius 3 is 2.44 bits per heavy atom. The molecule has 144 valence electrons. The van der Waals surface area contributed by atoms with Crippen LogP contribution in [0.1, 0.15) is 36.7 Å². The van der Waals surface area contributed by atoms with Crippen LogP contribution in [0.5, 0.6) is 0 Å². The highest BCUT2D eigenvalue weighted by atomic mass is 16.3. The lowest BCUT2D eigenvalue weighted by Gasteiger charge is -2.21.